The van der Waals surface area contributed by atoms with Crippen molar-refractivity contribution in [3.8, 4) is 11.5 Å². The molecule has 2 amide bonds. The maximum atomic E-state index is 12.9. The van der Waals surface area contributed by atoms with Gasteiger partial charge in [0.25, 0.3) is 0 Å². The van der Waals surface area contributed by atoms with Gasteiger partial charge in [-0.2, -0.15) is 0 Å². The smallest absolute Gasteiger partial charge is 0.244 e. The van der Waals surface area contributed by atoms with Gasteiger partial charge in [-0.05, 0) is 54.8 Å². The molecule has 33 heavy (non-hydrogen) atoms. The lowest BCUT2D eigenvalue weighted by Crippen LogP contribution is -2.47. The zero-order chi connectivity index (χ0) is 23.6. The molecule has 2 aromatic carbocycles. The molecular formula is C26H33N3O4. The third kappa shape index (κ3) is 7.36. The fourth-order valence-electron chi connectivity index (χ4n) is 3.82. The quantitative estimate of drug-likeness (QED) is 0.625. The molecule has 1 fully saturated rings. The second-order valence-electron chi connectivity index (χ2n) is 8.14. The SMILES string of the molecule is COc1ccc(C=CC(=O)NC(C)C(=O)N2CCCN(Cc3ccc(OC)cc3)CC2)cc1. The Hall–Kier alpha value is -3.32. The molecule has 0 saturated carbocycles. The van der Waals surface area contributed by atoms with E-state index in [1.54, 1.807) is 27.2 Å². The van der Waals surface area contributed by atoms with Crippen LogP contribution in [0.4, 0.5) is 0 Å². The summed E-state index contributed by atoms with van der Waals surface area (Å²) >= 11 is 0. The highest BCUT2D eigenvalue weighted by Gasteiger charge is 2.24. The number of hydrogen-bond acceptors (Lipinski definition) is 5. The number of amides is 2. The molecule has 1 atom stereocenters. The third-order valence-electron chi connectivity index (χ3n) is 5.74. The van der Waals surface area contributed by atoms with E-state index < -0.39 is 6.04 Å². The largest absolute Gasteiger partial charge is 0.497 e. The van der Waals surface area contributed by atoms with Crippen LogP contribution in [-0.2, 0) is 16.1 Å². The van der Waals surface area contributed by atoms with E-state index in [-0.39, 0.29) is 11.8 Å². The number of rotatable bonds is 8. The van der Waals surface area contributed by atoms with Gasteiger partial charge in [0.05, 0.1) is 14.2 Å². The van der Waals surface area contributed by atoms with Crippen molar-refractivity contribution in [1.82, 2.24) is 15.1 Å². The Morgan fingerprint density at radius 1 is 0.939 bits per heavy atom. The van der Waals surface area contributed by atoms with E-state index >= 15 is 0 Å². The second kappa shape index (κ2) is 12.1. The summed E-state index contributed by atoms with van der Waals surface area (Å²) in [6.07, 6.45) is 4.07. The van der Waals surface area contributed by atoms with E-state index in [2.05, 4.69) is 22.3 Å². The van der Waals surface area contributed by atoms with Gasteiger partial charge in [-0.15, -0.1) is 0 Å². The van der Waals surface area contributed by atoms with Gasteiger partial charge in [0.2, 0.25) is 11.8 Å². The molecule has 7 nitrogen and oxygen atoms in total. The zero-order valence-electron chi connectivity index (χ0n) is 19.6. The van der Waals surface area contributed by atoms with Gasteiger partial charge in [0.1, 0.15) is 17.5 Å². The number of methoxy groups -OCH3 is 2. The Morgan fingerprint density at radius 3 is 2.21 bits per heavy atom. The monoisotopic (exact) mass is 451 g/mol. The van der Waals surface area contributed by atoms with Crippen molar-refractivity contribution in [2.75, 3.05) is 40.4 Å². The van der Waals surface area contributed by atoms with E-state index in [9.17, 15) is 9.59 Å². The summed E-state index contributed by atoms with van der Waals surface area (Å²) in [6, 6.07) is 14.9. The predicted octanol–water partition coefficient (Wildman–Crippen LogP) is 2.96. The predicted molar refractivity (Wildman–Crippen MR) is 129 cm³/mol. The number of carbonyl (C=O) groups excluding carboxylic acids is 2. The van der Waals surface area contributed by atoms with Crippen molar-refractivity contribution in [2.45, 2.75) is 25.9 Å². The van der Waals surface area contributed by atoms with E-state index in [1.807, 2.05) is 41.3 Å². The van der Waals surface area contributed by atoms with Gasteiger partial charge in [0.15, 0.2) is 0 Å². The maximum Gasteiger partial charge on any atom is 0.244 e. The molecule has 0 aromatic heterocycles. The van der Waals surface area contributed by atoms with Crippen LogP contribution in [0.15, 0.2) is 54.6 Å². The summed E-state index contributed by atoms with van der Waals surface area (Å²) in [5.74, 6) is 1.27. The van der Waals surface area contributed by atoms with Crippen molar-refractivity contribution in [1.29, 1.82) is 0 Å². The first-order valence-corrected chi connectivity index (χ1v) is 11.2. The molecule has 3 rings (SSSR count). The molecule has 1 saturated heterocycles. The van der Waals surface area contributed by atoms with Gasteiger partial charge >= 0.3 is 0 Å². The minimum absolute atomic E-state index is 0.0486. The Bertz CT molecular complexity index is 941. The summed E-state index contributed by atoms with van der Waals surface area (Å²) in [7, 11) is 3.27. The van der Waals surface area contributed by atoms with Crippen LogP contribution in [0.2, 0.25) is 0 Å². The van der Waals surface area contributed by atoms with E-state index in [0.717, 1.165) is 43.1 Å². The third-order valence-corrected chi connectivity index (χ3v) is 5.74. The summed E-state index contributed by atoms with van der Waals surface area (Å²) in [4.78, 5) is 29.4. The zero-order valence-corrected chi connectivity index (χ0v) is 19.6. The fraction of sp³-hybridized carbons (Fsp3) is 0.385. The van der Waals surface area contributed by atoms with Crippen LogP contribution in [0.1, 0.15) is 24.5 Å². The number of carbonyl (C=O) groups is 2. The highest BCUT2D eigenvalue weighted by molar-refractivity contribution is 5.95. The molecule has 1 aliphatic rings. The summed E-state index contributed by atoms with van der Waals surface area (Å²) in [5, 5.41) is 2.78. The molecule has 0 bridgehead atoms. The molecule has 1 N–H and O–H groups in total. The average molecular weight is 452 g/mol. The number of benzene rings is 2. The molecule has 1 aliphatic heterocycles. The van der Waals surface area contributed by atoms with Gasteiger partial charge in [0, 0.05) is 38.8 Å². The van der Waals surface area contributed by atoms with Crippen LogP contribution in [0.3, 0.4) is 0 Å². The Kier molecular flexibility index (Phi) is 8.89. The number of nitrogens with one attached hydrogen (secondary N) is 1. The molecule has 7 heteroatoms. The van der Waals surface area contributed by atoms with E-state index in [1.165, 1.54) is 11.6 Å². The van der Waals surface area contributed by atoms with Gasteiger partial charge in [-0.1, -0.05) is 24.3 Å². The lowest BCUT2D eigenvalue weighted by molar-refractivity contribution is -0.135. The molecule has 1 unspecified atom stereocenters. The minimum atomic E-state index is -0.578. The van der Waals surface area contributed by atoms with Crippen LogP contribution in [0, 0.1) is 0 Å². The molecule has 0 spiro atoms. The molecule has 0 aliphatic carbocycles. The van der Waals surface area contributed by atoms with Crippen LogP contribution in [0.5, 0.6) is 11.5 Å². The number of ether oxygens (including phenoxy) is 2. The molecule has 2 aromatic rings. The van der Waals surface area contributed by atoms with Crippen molar-refractivity contribution in [3.63, 3.8) is 0 Å². The molecular weight excluding hydrogens is 418 g/mol. The van der Waals surface area contributed by atoms with Crippen LogP contribution in [0.25, 0.3) is 6.08 Å². The highest BCUT2D eigenvalue weighted by Crippen LogP contribution is 2.15. The summed E-state index contributed by atoms with van der Waals surface area (Å²) in [5.41, 5.74) is 2.11. The standard InChI is InChI=1S/C26H33N3O4/c1-20(27-25(30)14-9-21-5-10-23(32-2)11-6-21)26(31)29-16-4-15-28(17-18-29)19-22-7-12-24(33-3)13-8-22/h5-14,20H,4,15-19H2,1-3H3,(H,27,30). The van der Waals surface area contributed by atoms with Gasteiger partial charge < -0.3 is 19.7 Å². The van der Waals surface area contributed by atoms with Crippen molar-refractivity contribution in [2.24, 2.45) is 0 Å². The average Bonchev–Trinajstić information content (AvgIpc) is 3.08. The van der Waals surface area contributed by atoms with Gasteiger partial charge in [-0.3, -0.25) is 14.5 Å². The van der Waals surface area contributed by atoms with Crippen LogP contribution < -0.4 is 14.8 Å². The van der Waals surface area contributed by atoms with Crippen LogP contribution >= 0.6 is 0 Å². The fourth-order valence-corrected chi connectivity index (χ4v) is 3.82. The van der Waals surface area contributed by atoms with Crippen LogP contribution in [-0.4, -0.2) is 68.1 Å². The van der Waals surface area contributed by atoms with Crippen molar-refractivity contribution < 1.29 is 19.1 Å². The normalized spacial score (nSPS) is 15.7. The maximum absolute atomic E-state index is 12.9. The van der Waals surface area contributed by atoms with E-state index in [4.69, 9.17) is 9.47 Å². The number of hydrogen-bond donors (Lipinski definition) is 1. The topological polar surface area (TPSA) is 71.1 Å². The molecule has 1 heterocycles. The minimum Gasteiger partial charge on any atom is -0.497 e. The molecule has 176 valence electrons. The first-order chi connectivity index (χ1) is 16.0. The number of nitrogens with zero attached hydrogens (tertiary/aromatic N) is 2. The van der Waals surface area contributed by atoms with E-state index in [0.29, 0.717) is 13.1 Å². The molecule has 0 radical (unpaired) electrons. The Balaban J connectivity index is 1.47. The summed E-state index contributed by atoms with van der Waals surface area (Å²) < 4.78 is 10.4. The lowest BCUT2D eigenvalue weighted by atomic mass is 10.2. The lowest BCUT2D eigenvalue weighted by Gasteiger charge is -2.25. The highest BCUT2D eigenvalue weighted by atomic mass is 16.5. The van der Waals surface area contributed by atoms with Crippen molar-refractivity contribution >= 4 is 17.9 Å². The Labute approximate surface area is 196 Å². The second-order valence-corrected chi connectivity index (χ2v) is 8.14. The summed E-state index contributed by atoms with van der Waals surface area (Å²) in [6.45, 7) is 5.66. The van der Waals surface area contributed by atoms with Gasteiger partial charge in [-0.25, -0.2) is 0 Å². The first kappa shape index (κ1) is 24.3. The Morgan fingerprint density at radius 2 is 1.58 bits per heavy atom. The first-order valence-electron chi connectivity index (χ1n) is 11.2. The van der Waals surface area contributed by atoms with Crippen molar-refractivity contribution in [3.05, 3.63) is 65.7 Å².